The van der Waals surface area contributed by atoms with Gasteiger partial charge in [-0.2, -0.15) is 5.26 Å². The van der Waals surface area contributed by atoms with Crippen molar-refractivity contribution in [2.24, 2.45) is 0 Å². The second-order valence-corrected chi connectivity index (χ2v) is 9.51. The maximum Gasteiger partial charge on any atom is 0.262 e. The second kappa shape index (κ2) is 14.0. The summed E-state index contributed by atoms with van der Waals surface area (Å²) in [6.07, 6.45) is 1.48. The average molecular weight is 620 g/mol. The van der Waals surface area contributed by atoms with Gasteiger partial charge in [-0.25, -0.2) is 0 Å². The smallest absolute Gasteiger partial charge is 0.262 e. The fourth-order valence-corrected chi connectivity index (χ4v) is 4.31. The first kappa shape index (κ1) is 29.2. The highest BCUT2D eigenvalue weighted by atomic mass is 79.9. The molecule has 3 rings (SSSR count). The normalized spacial score (nSPS) is 10.9. The number of halogens is 3. The van der Waals surface area contributed by atoms with Crippen LogP contribution in [0, 0.1) is 11.3 Å². The first-order chi connectivity index (χ1) is 18.3. The molecular weight excluding hydrogens is 595 g/mol. The molecule has 0 fully saturated rings. The van der Waals surface area contributed by atoms with Crippen molar-refractivity contribution < 1.29 is 23.7 Å². The molecule has 0 aromatic heterocycles. The summed E-state index contributed by atoms with van der Waals surface area (Å²) >= 11 is 15.7. The van der Waals surface area contributed by atoms with Gasteiger partial charge in [0.1, 0.15) is 29.7 Å². The van der Waals surface area contributed by atoms with E-state index in [0.717, 1.165) is 11.1 Å². The number of methoxy groups -OCH3 is 2. The molecule has 0 radical (unpaired) electrons. The van der Waals surface area contributed by atoms with E-state index in [1.54, 1.807) is 55.6 Å². The van der Waals surface area contributed by atoms with Crippen molar-refractivity contribution in [3.8, 4) is 29.1 Å². The van der Waals surface area contributed by atoms with Crippen molar-refractivity contribution in [3.05, 3.63) is 85.3 Å². The molecule has 0 saturated carbocycles. The first-order valence-corrected chi connectivity index (χ1v) is 13.0. The maximum absolute atomic E-state index is 12.8. The third kappa shape index (κ3) is 7.57. The Balaban J connectivity index is 1.80. The van der Waals surface area contributed by atoms with Gasteiger partial charge in [0.2, 0.25) is 0 Å². The Labute approximate surface area is 240 Å². The minimum absolute atomic E-state index is 0.0813. The number of rotatable bonds is 11. The van der Waals surface area contributed by atoms with Crippen LogP contribution < -0.4 is 24.3 Å². The van der Waals surface area contributed by atoms with Gasteiger partial charge in [0.25, 0.3) is 5.91 Å². The predicted molar refractivity (Wildman–Crippen MR) is 151 cm³/mol. The fraction of sp³-hybridized carbons (Fsp3) is 0.214. The number of nitriles is 1. The zero-order valence-electron chi connectivity index (χ0n) is 20.9. The van der Waals surface area contributed by atoms with Crippen LogP contribution in [-0.4, -0.2) is 26.7 Å². The number of ether oxygens (including phenoxy) is 4. The molecule has 0 spiro atoms. The summed E-state index contributed by atoms with van der Waals surface area (Å²) in [4.78, 5) is 12.8. The molecule has 198 valence electrons. The van der Waals surface area contributed by atoms with Crippen molar-refractivity contribution in [1.82, 2.24) is 5.32 Å². The molecule has 10 heteroatoms. The lowest BCUT2D eigenvalue weighted by Gasteiger charge is -2.15. The highest BCUT2D eigenvalue weighted by Crippen LogP contribution is 2.36. The summed E-state index contributed by atoms with van der Waals surface area (Å²) in [5.74, 6) is 1.58. The van der Waals surface area contributed by atoms with Crippen LogP contribution in [0.5, 0.6) is 23.0 Å². The Morgan fingerprint density at radius 2 is 1.74 bits per heavy atom. The molecule has 38 heavy (non-hydrogen) atoms. The lowest BCUT2D eigenvalue weighted by Crippen LogP contribution is -2.24. The third-order valence-electron chi connectivity index (χ3n) is 5.36. The molecule has 0 aliphatic heterocycles. The summed E-state index contributed by atoms with van der Waals surface area (Å²) in [6, 6.07) is 15.8. The summed E-state index contributed by atoms with van der Waals surface area (Å²) in [5.41, 5.74) is 1.98. The van der Waals surface area contributed by atoms with E-state index in [0.29, 0.717) is 49.7 Å². The van der Waals surface area contributed by atoms with Crippen molar-refractivity contribution in [1.29, 1.82) is 5.26 Å². The predicted octanol–water partition coefficient (Wildman–Crippen LogP) is 6.97. The SMILES string of the molecule is CCOc1cc(/C=C(\C#N)C(=O)NCc2ccc(OC)cc2OC)c(Br)cc1OCc1ccc(Cl)cc1Cl. The van der Waals surface area contributed by atoms with Crippen molar-refractivity contribution in [2.45, 2.75) is 20.1 Å². The van der Waals surface area contributed by atoms with E-state index < -0.39 is 5.91 Å². The van der Waals surface area contributed by atoms with E-state index in [1.165, 1.54) is 13.2 Å². The number of nitrogens with zero attached hydrogens (tertiary/aromatic N) is 1. The highest BCUT2D eigenvalue weighted by molar-refractivity contribution is 9.10. The van der Waals surface area contributed by atoms with Crippen LogP contribution in [-0.2, 0) is 17.9 Å². The van der Waals surface area contributed by atoms with E-state index in [-0.39, 0.29) is 18.7 Å². The number of hydrogen-bond donors (Lipinski definition) is 1. The van der Waals surface area contributed by atoms with Crippen LogP contribution in [0.2, 0.25) is 10.0 Å². The van der Waals surface area contributed by atoms with Gasteiger partial charge in [0.05, 0.1) is 20.8 Å². The Bertz CT molecular complexity index is 1390. The van der Waals surface area contributed by atoms with Gasteiger partial charge in [0.15, 0.2) is 11.5 Å². The average Bonchev–Trinajstić information content (AvgIpc) is 2.91. The fourth-order valence-electron chi connectivity index (χ4n) is 3.41. The molecule has 0 saturated heterocycles. The zero-order valence-corrected chi connectivity index (χ0v) is 24.0. The van der Waals surface area contributed by atoms with Crippen molar-refractivity contribution >= 4 is 51.1 Å². The minimum atomic E-state index is -0.534. The van der Waals surface area contributed by atoms with Crippen LogP contribution in [0.4, 0.5) is 0 Å². The molecule has 0 unspecified atom stereocenters. The molecule has 0 heterocycles. The van der Waals surface area contributed by atoms with Crippen molar-refractivity contribution in [2.75, 3.05) is 20.8 Å². The molecule has 0 bridgehead atoms. The van der Waals surface area contributed by atoms with E-state index in [9.17, 15) is 10.1 Å². The summed E-state index contributed by atoms with van der Waals surface area (Å²) < 4.78 is 22.9. The first-order valence-electron chi connectivity index (χ1n) is 11.4. The second-order valence-electron chi connectivity index (χ2n) is 7.81. The lowest BCUT2D eigenvalue weighted by molar-refractivity contribution is -0.117. The van der Waals surface area contributed by atoms with Gasteiger partial charge in [0, 0.05) is 38.3 Å². The summed E-state index contributed by atoms with van der Waals surface area (Å²) in [6.45, 7) is 2.59. The number of benzene rings is 3. The number of amides is 1. The van der Waals surface area contributed by atoms with E-state index in [4.69, 9.17) is 42.1 Å². The Morgan fingerprint density at radius 1 is 1.00 bits per heavy atom. The van der Waals surface area contributed by atoms with Gasteiger partial charge in [-0.15, -0.1) is 0 Å². The Hall–Kier alpha value is -3.38. The number of hydrogen-bond acceptors (Lipinski definition) is 6. The molecule has 0 atom stereocenters. The van der Waals surface area contributed by atoms with Gasteiger partial charge in [-0.1, -0.05) is 45.2 Å². The molecule has 7 nitrogen and oxygen atoms in total. The van der Waals surface area contributed by atoms with E-state index in [1.807, 2.05) is 13.0 Å². The topological polar surface area (TPSA) is 89.8 Å². The Kier molecular flexibility index (Phi) is 10.7. The van der Waals surface area contributed by atoms with E-state index >= 15 is 0 Å². The zero-order chi connectivity index (χ0) is 27.7. The largest absolute Gasteiger partial charge is 0.497 e. The molecule has 1 amide bonds. The standard InChI is InChI=1S/C28H25BrCl2N2O5/c1-4-37-26-10-19(23(29)13-27(26)38-16-18-5-7-21(30)11-24(18)31)9-20(14-32)28(34)33-15-17-6-8-22(35-2)12-25(17)36-3/h5-13H,4,15-16H2,1-3H3,(H,33,34)/b20-9+. The van der Waals surface area contributed by atoms with Gasteiger partial charge >= 0.3 is 0 Å². The maximum atomic E-state index is 12.8. The van der Waals surface area contributed by atoms with E-state index in [2.05, 4.69) is 21.2 Å². The van der Waals surface area contributed by atoms with Crippen LogP contribution in [0.1, 0.15) is 23.6 Å². The molecule has 0 aliphatic carbocycles. The number of nitrogens with one attached hydrogen (secondary N) is 1. The molecule has 0 aliphatic rings. The molecule has 3 aromatic carbocycles. The quantitative estimate of drug-likeness (QED) is 0.184. The third-order valence-corrected chi connectivity index (χ3v) is 6.63. The van der Waals surface area contributed by atoms with Gasteiger partial charge in [-0.3, -0.25) is 4.79 Å². The number of carbonyl (C=O) groups excluding carboxylic acids is 1. The van der Waals surface area contributed by atoms with Crippen LogP contribution in [0.3, 0.4) is 0 Å². The van der Waals surface area contributed by atoms with Gasteiger partial charge in [-0.05, 0) is 55.0 Å². The monoisotopic (exact) mass is 618 g/mol. The van der Waals surface area contributed by atoms with Gasteiger partial charge < -0.3 is 24.3 Å². The summed E-state index contributed by atoms with van der Waals surface area (Å²) in [7, 11) is 3.09. The van der Waals surface area contributed by atoms with Crippen LogP contribution >= 0.6 is 39.1 Å². The number of carbonyl (C=O) groups is 1. The Morgan fingerprint density at radius 3 is 2.39 bits per heavy atom. The van der Waals surface area contributed by atoms with Crippen LogP contribution in [0.25, 0.3) is 6.08 Å². The molecule has 3 aromatic rings. The van der Waals surface area contributed by atoms with Crippen molar-refractivity contribution in [3.63, 3.8) is 0 Å². The summed E-state index contributed by atoms with van der Waals surface area (Å²) in [5, 5.41) is 13.5. The highest BCUT2D eigenvalue weighted by Gasteiger charge is 2.15. The molecular formula is C28H25BrCl2N2O5. The molecule has 1 N–H and O–H groups in total. The van der Waals surface area contributed by atoms with Crippen LogP contribution in [0.15, 0.2) is 58.6 Å². The minimum Gasteiger partial charge on any atom is -0.497 e. The lowest BCUT2D eigenvalue weighted by atomic mass is 10.1.